The molecule has 0 saturated carbocycles. The SMILES string of the molecule is Cl.O=C(Nc1ncc(C2CCNCC2)s1)C1CN(Cc2ccccc2)CCO1. The first-order chi connectivity index (χ1) is 13.3. The molecule has 1 aromatic carbocycles. The van der Waals surface area contributed by atoms with Gasteiger partial charge in [0.15, 0.2) is 5.13 Å². The summed E-state index contributed by atoms with van der Waals surface area (Å²) in [5.74, 6) is 0.459. The molecule has 1 unspecified atom stereocenters. The Balaban J connectivity index is 0.00000225. The number of halogens is 1. The molecule has 4 rings (SSSR count). The third kappa shape index (κ3) is 5.52. The smallest absolute Gasteiger partial charge is 0.256 e. The minimum atomic E-state index is -0.450. The van der Waals surface area contributed by atoms with Crippen molar-refractivity contribution in [1.82, 2.24) is 15.2 Å². The lowest BCUT2D eigenvalue weighted by Gasteiger charge is -2.32. The van der Waals surface area contributed by atoms with Gasteiger partial charge in [0.2, 0.25) is 0 Å². The van der Waals surface area contributed by atoms with Gasteiger partial charge in [0.25, 0.3) is 5.91 Å². The molecule has 2 saturated heterocycles. The highest BCUT2D eigenvalue weighted by Crippen LogP contribution is 2.31. The van der Waals surface area contributed by atoms with E-state index in [4.69, 9.17) is 4.74 Å². The van der Waals surface area contributed by atoms with Gasteiger partial charge in [-0.15, -0.1) is 23.7 Å². The molecule has 0 radical (unpaired) electrons. The molecule has 2 aliphatic heterocycles. The normalized spacial score (nSPS) is 21.1. The summed E-state index contributed by atoms with van der Waals surface area (Å²) < 4.78 is 5.72. The van der Waals surface area contributed by atoms with Crippen LogP contribution in [0.4, 0.5) is 5.13 Å². The van der Waals surface area contributed by atoms with Crippen LogP contribution in [0, 0.1) is 0 Å². The van der Waals surface area contributed by atoms with Gasteiger partial charge in [0.1, 0.15) is 6.10 Å². The highest BCUT2D eigenvalue weighted by atomic mass is 35.5. The summed E-state index contributed by atoms with van der Waals surface area (Å²) in [7, 11) is 0. The number of hydrogen-bond donors (Lipinski definition) is 2. The lowest BCUT2D eigenvalue weighted by atomic mass is 9.97. The Morgan fingerprint density at radius 3 is 2.86 bits per heavy atom. The lowest BCUT2D eigenvalue weighted by Crippen LogP contribution is -2.47. The minimum Gasteiger partial charge on any atom is -0.366 e. The standard InChI is InChI=1S/C20H26N4O2S.ClH/c25-19(23-20-22-12-18(27-20)16-6-8-21-9-7-16)17-14-24(10-11-26-17)13-15-4-2-1-3-5-15;/h1-5,12,16-17,21H,6-11,13-14H2,(H,22,23,25);1H. The second-order valence-corrected chi connectivity index (χ2v) is 8.22. The van der Waals surface area contributed by atoms with Crippen molar-refractivity contribution in [2.24, 2.45) is 0 Å². The van der Waals surface area contributed by atoms with E-state index in [1.54, 1.807) is 11.3 Å². The number of ether oxygens (including phenoxy) is 1. The molecule has 28 heavy (non-hydrogen) atoms. The molecule has 1 amide bonds. The van der Waals surface area contributed by atoms with Crippen LogP contribution in [-0.2, 0) is 16.1 Å². The number of morpholine rings is 1. The first-order valence-corrected chi connectivity index (χ1v) is 10.4. The highest BCUT2D eigenvalue weighted by molar-refractivity contribution is 7.15. The predicted molar refractivity (Wildman–Crippen MR) is 114 cm³/mol. The molecule has 1 atom stereocenters. The number of benzene rings is 1. The third-order valence-electron chi connectivity index (χ3n) is 5.19. The second kappa shape index (κ2) is 10.3. The number of thiazole rings is 1. The van der Waals surface area contributed by atoms with Gasteiger partial charge in [0.05, 0.1) is 6.61 Å². The summed E-state index contributed by atoms with van der Waals surface area (Å²) in [6, 6.07) is 10.3. The van der Waals surface area contributed by atoms with Crippen molar-refractivity contribution in [2.45, 2.75) is 31.4 Å². The molecule has 2 aromatic rings. The van der Waals surface area contributed by atoms with E-state index in [1.807, 2.05) is 24.4 Å². The van der Waals surface area contributed by atoms with Gasteiger partial charge in [-0.05, 0) is 37.4 Å². The zero-order chi connectivity index (χ0) is 18.5. The number of nitrogens with one attached hydrogen (secondary N) is 2. The molecule has 6 nitrogen and oxygen atoms in total. The number of carbonyl (C=O) groups is 1. The molecule has 152 valence electrons. The monoisotopic (exact) mass is 422 g/mol. The van der Waals surface area contributed by atoms with E-state index in [0.717, 1.165) is 39.0 Å². The Morgan fingerprint density at radius 2 is 2.07 bits per heavy atom. The van der Waals surface area contributed by atoms with Gasteiger partial charge in [-0.2, -0.15) is 0 Å². The van der Waals surface area contributed by atoms with Crippen molar-refractivity contribution in [2.75, 3.05) is 38.1 Å². The minimum absolute atomic E-state index is 0. The predicted octanol–water partition coefficient (Wildman–Crippen LogP) is 2.87. The average molecular weight is 423 g/mol. The fraction of sp³-hybridized carbons (Fsp3) is 0.500. The van der Waals surface area contributed by atoms with Crippen LogP contribution in [-0.4, -0.2) is 54.7 Å². The Morgan fingerprint density at radius 1 is 1.29 bits per heavy atom. The first-order valence-electron chi connectivity index (χ1n) is 9.63. The number of amides is 1. The van der Waals surface area contributed by atoms with Crippen molar-refractivity contribution in [3.05, 3.63) is 47.0 Å². The molecular weight excluding hydrogens is 396 g/mol. The number of aromatic nitrogens is 1. The van der Waals surface area contributed by atoms with Crippen LogP contribution >= 0.6 is 23.7 Å². The van der Waals surface area contributed by atoms with Gasteiger partial charge in [-0.3, -0.25) is 15.0 Å². The van der Waals surface area contributed by atoms with Crippen LogP contribution < -0.4 is 10.6 Å². The summed E-state index contributed by atoms with van der Waals surface area (Å²) in [6.45, 7) is 4.96. The van der Waals surface area contributed by atoms with Crippen LogP contribution in [0.3, 0.4) is 0 Å². The number of carbonyl (C=O) groups excluding carboxylic acids is 1. The van der Waals surface area contributed by atoms with E-state index >= 15 is 0 Å². The van der Waals surface area contributed by atoms with E-state index < -0.39 is 6.10 Å². The molecule has 0 aliphatic carbocycles. The molecule has 1 aromatic heterocycles. The van der Waals surface area contributed by atoms with Crippen LogP contribution in [0.2, 0.25) is 0 Å². The maximum absolute atomic E-state index is 12.6. The fourth-order valence-corrected chi connectivity index (χ4v) is 4.66. The molecule has 8 heteroatoms. The number of nitrogens with zero attached hydrogens (tertiary/aromatic N) is 2. The fourth-order valence-electron chi connectivity index (χ4n) is 3.67. The van der Waals surface area contributed by atoms with Gasteiger partial charge in [-0.1, -0.05) is 30.3 Å². The lowest BCUT2D eigenvalue weighted by molar-refractivity contribution is -0.133. The Bertz CT molecular complexity index is 752. The summed E-state index contributed by atoms with van der Waals surface area (Å²) in [4.78, 5) is 20.6. The number of anilines is 1. The average Bonchev–Trinajstić information content (AvgIpc) is 3.18. The topological polar surface area (TPSA) is 66.5 Å². The van der Waals surface area contributed by atoms with Crippen LogP contribution in [0.1, 0.15) is 29.2 Å². The molecule has 3 heterocycles. The molecule has 2 fully saturated rings. The summed E-state index contributed by atoms with van der Waals surface area (Å²) in [5, 5.41) is 7.02. The maximum Gasteiger partial charge on any atom is 0.256 e. The van der Waals surface area contributed by atoms with Crippen LogP contribution in [0.5, 0.6) is 0 Å². The Labute approximate surface area is 176 Å². The molecule has 0 spiro atoms. The van der Waals surface area contributed by atoms with Crippen molar-refractivity contribution in [1.29, 1.82) is 0 Å². The van der Waals surface area contributed by atoms with E-state index in [1.165, 1.54) is 10.4 Å². The summed E-state index contributed by atoms with van der Waals surface area (Å²) >= 11 is 1.60. The van der Waals surface area contributed by atoms with E-state index in [9.17, 15) is 4.79 Å². The van der Waals surface area contributed by atoms with E-state index in [2.05, 4.69) is 32.7 Å². The highest BCUT2D eigenvalue weighted by Gasteiger charge is 2.27. The quantitative estimate of drug-likeness (QED) is 0.775. The number of rotatable bonds is 5. The van der Waals surface area contributed by atoms with Crippen LogP contribution in [0.25, 0.3) is 0 Å². The van der Waals surface area contributed by atoms with Gasteiger partial charge in [0, 0.05) is 30.7 Å². The van der Waals surface area contributed by atoms with Gasteiger partial charge in [-0.25, -0.2) is 4.98 Å². The second-order valence-electron chi connectivity index (χ2n) is 7.16. The third-order valence-corrected chi connectivity index (χ3v) is 6.26. The molecular formula is C20H27ClN4O2S. The zero-order valence-electron chi connectivity index (χ0n) is 15.8. The molecule has 0 bridgehead atoms. The van der Waals surface area contributed by atoms with Crippen molar-refractivity contribution in [3.63, 3.8) is 0 Å². The van der Waals surface area contributed by atoms with E-state index in [0.29, 0.717) is 24.2 Å². The largest absolute Gasteiger partial charge is 0.366 e. The van der Waals surface area contributed by atoms with Crippen molar-refractivity contribution >= 4 is 34.8 Å². The van der Waals surface area contributed by atoms with Gasteiger partial charge < -0.3 is 10.1 Å². The number of piperidine rings is 1. The number of hydrogen-bond acceptors (Lipinski definition) is 6. The zero-order valence-corrected chi connectivity index (χ0v) is 17.4. The molecule has 2 N–H and O–H groups in total. The van der Waals surface area contributed by atoms with Crippen molar-refractivity contribution < 1.29 is 9.53 Å². The van der Waals surface area contributed by atoms with Gasteiger partial charge >= 0.3 is 0 Å². The summed E-state index contributed by atoms with van der Waals surface area (Å²) in [6.07, 6.45) is 3.74. The Hall–Kier alpha value is -1.51. The molecule has 2 aliphatic rings. The summed E-state index contributed by atoms with van der Waals surface area (Å²) in [5.41, 5.74) is 1.25. The Kier molecular flexibility index (Phi) is 7.82. The maximum atomic E-state index is 12.6. The first kappa shape index (κ1) is 21.2. The van der Waals surface area contributed by atoms with Crippen LogP contribution in [0.15, 0.2) is 36.5 Å². The van der Waals surface area contributed by atoms with Crippen molar-refractivity contribution in [3.8, 4) is 0 Å². The van der Waals surface area contributed by atoms with E-state index in [-0.39, 0.29) is 18.3 Å².